The van der Waals surface area contributed by atoms with E-state index in [4.69, 9.17) is 4.74 Å². The molecular weight excluding hydrogens is 178 g/mol. The van der Waals surface area contributed by atoms with E-state index < -0.39 is 0 Å². The zero-order chi connectivity index (χ0) is 10.1. The normalized spacial score (nSPS) is 45.6. The second-order valence-electron chi connectivity index (χ2n) is 4.83. The minimum Gasteiger partial charge on any atom is -0.393 e. The molecule has 1 N–H and O–H groups in total. The van der Waals surface area contributed by atoms with E-state index >= 15 is 0 Å². The molecule has 4 atom stereocenters. The van der Waals surface area contributed by atoms with Crippen molar-refractivity contribution in [2.45, 2.75) is 57.5 Å². The average molecular weight is 199 g/mol. The maximum atomic E-state index is 9.50. The van der Waals surface area contributed by atoms with Crippen molar-refractivity contribution in [3.8, 4) is 0 Å². The van der Waals surface area contributed by atoms with Gasteiger partial charge >= 0.3 is 0 Å². The van der Waals surface area contributed by atoms with Crippen LogP contribution in [0.4, 0.5) is 0 Å². The molecule has 0 aromatic heterocycles. The van der Waals surface area contributed by atoms with Crippen molar-refractivity contribution in [2.24, 2.45) is 0 Å². The third-order valence-corrected chi connectivity index (χ3v) is 3.34. The first-order valence-electron chi connectivity index (χ1n) is 5.72. The molecule has 0 amide bonds. The molecule has 2 rings (SSSR count). The van der Waals surface area contributed by atoms with E-state index in [1.54, 1.807) is 0 Å². The molecule has 1 heterocycles. The summed E-state index contributed by atoms with van der Waals surface area (Å²) in [5, 5.41) is 9.50. The Bertz CT molecular complexity index is 188. The molecule has 1 aliphatic carbocycles. The van der Waals surface area contributed by atoms with E-state index in [1.165, 1.54) is 0 Å². The third-order valence-electron chi connectivity index (χ3n) is 3.34. The van der Waals surface area contributed by atoms with Crippen molar-refractivity contribution in [3.05, 3.63) is 0 Å². The molecule has 0 aromatic rings. The predicted molar refractivity (Wildman–Crippen MR) is 55.2 cm³/mol. The van der Waals surface area contributed by atoms with Crippen LogP contribution in [0.2, 0.25) is 0 Å². The zero-order valence-corrected chi connectivity index (χ0v) is 9.15. The third kappa shape index (κ3) is 2.27. The van der Waals surface area contributed by atoms with Gasteiger partial charge in [-0.15, -0.1) is 0 Å². The molecule has 0 bridgehead atoms. The molecule has 14 heavy (non-hydrogen) atoms. The van der Waals surface area contributed by atoms with Crippen molar-refractivity contribution < 1.29 is 9.84 Å². The highest BCUT2D eigenvalue weighted by Gasteiger charge is 2.32. The van der Waals surface area contributed by atoms with Gasteiger partial charge < -0.3 is 9.84 Å². The highest BCUT2D eigenvalue weighted by atomic mass is 16.5. The lowest BCUT2D eigenvalue weighted by atomic mass is 10.1. The fourth-order valence-electron chi connectivity index (χ4n) is 2.78. The molecule has 2 aliphatic rings. The van der Waals surface area contributed by atoms with Gasteiger partial charge in [-0.05, 0) is 33.1 Å². The molecule has 3 heteroatoms. The quantitative estimate of drug-likeness (QED) is 0.684. The van der Waals surface area contributed by atoms with Gasteiger partial charge in [0.15, 0.2) is 0 Å². The zero-order valence-electron chi connectivity index (χ0n) is 9.15. The largest absolute Gasteiger partial charge is 0.393 e. The predicted octanol–water partition coefficient (Wildman–Crippen LogP) is 1.01. The molecule has 1 saturated carbocycles. The lowest BCUT2D eigenvalue weighted by Crippen LogP contribution is -2.49. The summed E-state index contributed by atoms with van der Waals surface area (Å²) < 4.78 is 5.70. The molecular formula is C11H21NO2. The minimum atomic E-state index is -0.0616. The standard InChI is InChI=1S/C11H21NO2/c1-8-6-12(7-9(2)14-8)10-3-4-11(13)5-10/h8-11,13H,3-7H2,1-2H3/t8-,9+,10?,11?. The van der Waals surface area contributed by atoms with Crippen LogP contribution in [0.5, 0.6) is 0 Å². The number of nitrogens with zero attached hydrogens (tertiary/aromatic N) is 1. The van der Waals surface area contributed by atoms with Crippen molar-refractivity contribution >= 4 is 0 Å². The lowest BCUT2D eigenvalue weighted by molar-refractivity contribution is -0.0805. The van der Waals surface area contributed by atoms with Crippen LogP contribution < -0.4 is 0 Å². The monoisotopic (exact) mass is 199 g/mol. The Morgan fingerprint density at radius 2 is 1.79 bits per heavy atom. The molecule has 82 valence electrons. The first-order chi connectivity index (χ1) is 6.65. The van der Waals surface area contributed by atoms with Gasteiger partial charge in [0.05, 0.1) is 18.3 Å². The number of rotatable bonds is 1. The Balaban J connectivity index is 1.90. The lowest BCUT2D eigenvalue weighted by Gasteiger charge is -2.38. The number of aliphatic hydroxyl groups excluding tert-OH is 1. The highest BCUT2D eigenvalue weighted by molar-refractivity contribution is 4.86. The molecule has 2 unspecified atom stereocenters. The molecule has 1 aliphatic heterocycles. The van der Waals surface area contributed by atoms with Crippen LogP contribution in [0, 0.1) is 0 Å². The summed E-state index contributed by atoms with van der Waals surface area (Å²) in [7, 11) is 0. The van der Waals surface area contributed by atoms with Gasteiger partial charge in [-0.1, -0.05) is 0 Å². The Hall–Kier alpha value is -0.120. The molecule has 0 radical (unpaired) electrons. The van der Waals surface area contributed by atoms with Gasteiger partial charge in [0.25, 0.3) is 0 Å². The van der Waals surface area contributed by atoms with E-state index in [0.717, 1.165) is 32.4 Å². The van der Waals surface area contributed by atoms with Gasteiger partial charge in [0.2, 0.25) is 0 Å². The van der Waals surface area contributed by atoms with E-state index in [0.29, 0.717) is 18.2 Å². The van der Waals surface area contributed by atoms with Crippen molar-refractivity contribution in [2.75, 3.05) is 13.1 Å². The molecule has 0 spiro atoms. The first-order valence-corrected chi connectivity index (χ1v) is 5.72. The number of morpholine rings is 1. The van der Waals surface area contributed by atoms with Crippen molar-refractivity contribution in [1.29, 1.82) is 0 Å². The SMILES string of the molecule is C[C@@H]1CN(C2CCC(O)C2)C[C@H](C)O1. The van der Waals surface area contributed by atoms with Crippen LogP contribution in [0.15, 0.2) is 0 Å². The van der Waals surface area contributed by atoms with Crippen LogP contribution in [0.25, 0.3) is 0 Å². The van der Waals surface area contributed by atoms with Crippen LogP contribution >= 0.6 is 0 Å². The fraction of sp³-hybridized carbons (Fsp3) is 1.00. The Labute approximate surface area is 86.0 Å². The number of hydrogen-bond donors (Lipinski definition) is 1. The van der Waals surface area contributed by atoms with E-state index in [2.05, 4.69) is 18.7 Å². The summed E-state index contributed by atoms with van der Waals surface area (Å²) >= 11 is 0. The number of hydrogen-bond acceptors (Lipinski definition) is 3. The number of ether oxygens (including phenoxy) is 1. The molecule has 3 nitrogen and oxygen atoms in total. The molecule has 2 fully saturated rings. The maximum absolute atomic E-state index is 9.50. The van der Waals surface area contributed by atoms with Gasteiger partial charge in [0, 0.05) is 19.1 Å². The highest BCUT2D eigenvalue weighted by Crippen LogP contribution is 2.26. The van der Waals surface area contributed by atoms with Crippen LogP contribution in [-0.4, -0.2) is 47.4 Å². The van der Waals surface area contributed by atoms with Crippen molar-refractivity contribution in [3.63, 3.8) is 0 Å². The summed E-state index contributed by atoms with van der Waals surface area (Å²) in [4.78, 5) is 2.50. The van der Waals surface area contributed by atoms with E-state index in [1.807, 2.05) is 0 Å². The summed E-state index contributed by atoms with van der Waals surface area (Å²) in [5.41, 5.74) is 0. The van der Waals surface area contributed by atoms with Crippen LogP contribution in [0.1, 0.15) is 33.1 Å². The number of aliphatic hydroxyl groups is 1. The van der Waals surface area contributed by atoms with Crippen LogP contribution in [0.3, 0.4) is 0 Å². The molecule has 1 saturated heterocycles. The van der Waals surface area contributed by atoms with Gasteiger partial charge in [-0.3, -0.25) is 4.90 Å². The summed E-state index contributed by atoms with van der Waals surface area (Å²) in [6, 6.07) is 0.596. The van der Waals surface area contributed by atoms with E-state index in [9.17, 15) is 5.11 Å². The minimum absolute atomic E-state index is 0.0616. The Morgan fingerprint density at radius 3 is 2.29 bits per heavy atom. The average Bonchev–Trinajstić information content (AvgIpc) is 2.50. The van der Waals surface area contributed by atoms with Gasteiger partial charge in [-0.2, -0.15) is 0 Å². The second kappa shape index (κ2) is 4.17. The summed E-state index contributed by atoms with van der Waals surface area (Å²) in [5.74, 6) is 0. The summed E-state index contributed by atoms with van der Waals surface area (Å²) in [6.45, 7) is 6.32. The second-order valence-corrected chi connectivity index (χ2v) is 4.83. The molecule has 0 aromatic carbocycles. The fourth-order valence-corrected chi connectivity index (χ4v) is 2.78. The Morgan fingerprint density at radius 1 is 1.14 bits per heavy atom. The smallest absolute Gasteiger partial charge is 0.0678 e. The summed E-state index contributed by atoms with van der Waals surface area (Å²) in [6.07, 6.45) is 3.71. The van der Waals surface area contributed by atoms with Gasteiger partial charge in [-0.25, -0.2) is 0 Å². The topological polar surface area (TPSA) is 32.7 Å². The maximum Gasteiger partial charge on any atom is 0.0678 e. The first kappa shape index (κ1) is 10.4. The van der Waals surface area contributed by atoms with Gasteiger partial charge in [0.1, 0.15) is 0 Å². The van der Waals surface area contributed by atoms with Crippen LogP contribution in [-0.2, 0) is 4.74 Å². The Kier molecular flexibility index (Phi) is 3.10. The van der Waals surface area contributed by atoms with Crippen molar-refractivity contribution in [1.82, 2.24) is 4.90 Å². The van der Waals surface area contributed by atoms with E-state index in [-0.39, 0.29) is 6.10 Å².